The molecule has 0 aliphatic heterocycles. The lowest BCUT2D eigenvalue weighted by atomic mass is 10.1. The van der Waals surface area contributed by atoms with Crippen LogP contribution in [0, 0.1) is 6.92 Å². The van der Waals surface area contributed by atoms with E-state index in [1.165, 1.54) is 5.56 Å². The summed E-state index contributed by atoms with van der Waals surface area (Å²) in [5.41, 5.74) is 2.14. The lowest BCUT2D eigenvalue weighted by Gasteiger charge is -2.12. The third kappa shape index (κ3) is 2.51. The average Bonchev–Trinajstić information content (AvgIpc) is 2.75. The average molecular weight is 233 g/mol. The quantitative estimate of drug-likeness (QED) is 0.862. The minimum Gasteiger partial charge on any atom is -0.459 e. The molecule has 0 aliphatic rings. The fraction of sp³-hybridized carbons (Fsp3) is 0.429. The third-order valence-corrected chi connectivity index (χ3v) is 2.94. The zero-order valence-electron chi connectivity index (χ0n) is 10.6. The zero-order valence-corrected chi connectivity index (χ0v) is 10.6. The normalized spacial score (nSPS) is 13.1. The number of fused-ring (bicyclic) bond motifs is 1. The summed E-state index contributed by atoms with van der Waals surface area (Å²) in [6.07, 6.45) is 0. The number of nitrogens with one attached hydrogen (secondary N) is 1. The molecule has 2 rings (SSSR count). The molecule has 92 valence electrons. The van der Waals surface area contributed by atoms with E-state index < -0.39 is 0 Å². The summed E-state index contributed by atoms with van der Waals surface area (Å²) >= 11 is 0. The molecule has 0 saturated heterocycles. The van der Waals surface area contributed by atoms with Gasteiger partial charge in [-0.05, 0) is 32.5 Å². The molecule has 0 fully saturated rings. The third-order valence-electron chi connectivity index (χ3n) is 2.94. The molecule has 1 aromatic carbocycles. The second kappa shape index (κ2) is 5.34. The molecule has 1 unspecified atom stereocenters. The van der Waals surface area contributed by atoms with Crippen LogP contribution in [0.15, 0.2) is 28.7 Å². The van der Waals surface area contributed by atoms with Crippen molar-refractivity contribution in [2.45, 2.75) is 19.9 Å². The maximum atomic E-state index is 5.91. The summed E-state index contributed by atoms with van der Waals surface area (Å²) in [7, 11) is 1.92. The molecule has 0 spiro atoms. The molecule has 1 heterocycles. The highest BCUT2D eigenvalue weighted by Crippen LogP contribution is 2.26. The van der Waals surface area contributed by atoms with Crippen LogP contribution in [0.1, 0.15) is 24.3 Å². The van der Waals surface area contributed by atoms with Gasteiger partial charge in [-0.15, -0.1) is 0 Å². The van der Waals surface area contributed by atoms with Gasteiger partial charge in [-0.3, -0.25) is 0 Å². The van der Waals surface area contributed by atoms with Crippen molar-refractivity contribution in [1.82, 2.24) is 5.32 Å². The number of benzene rings is 1. The van der Waals surface area contributed by atoms with Crippen molar-refractivity contribution in [3.8, 4) is 0 Å². The lowest BCUT2D eigenvalue weighted by molar-refractivity contribution is 0.119. The summed E-state index contributed by atoms with van der Waals surface area (Å²) in [6.45, 7) is 5.41. The fourth-order valence-electron chi connectivity index (χ4n) is 1.94. The summed E-state index contributed by atoms with van der Waals surface area (Å²) in [5.74, 6) is 0.935. The van der Waals surface area contributed by atoms with Crippen molar-refractivity contribution in [2.75, 3.05) is 20.3 Å². The number of aryl methyl sites for hydroxylation is 1. The molecule has 1 aromatic heterocycles. The summed E-state index contributed by atoms with van der Waals surface area (Å²) < 4.78 is 11.4. The van der Waals surface area contributed by atoms with Gasteiger partial charge in [0.05, 0.1) is 12.6 Å². The highest BCUT2D eigenvalue weighted by Gasteiger charge is 2.15. The van der Waals surface area contributed by atoms with Gasteiger partial charge < -0.3 is 14.5 Å². The number of furan rings is 1. The molecule has 1 N–H and O–H groups in total. The van der Waals surface area contributed by atoms with Crippen molar-refractivity contribution < 1.29 is 9.15 Å². The van der Waals surface area contributed by atoms with Gasteiger partial charge in [0.1, 0.15) is 11.3 Å². The first-order valence-corrected chi connectivity index (χ1v) is 6.00. The Morgan fingerprint density at radius 2 is 2.24 bits per heavy atom. The van der Waals surface area contributed by atoms with Crippen LogP contribution in [0.5, 0.6) is 0 Å². The van der Waals surface area contributed by atoms with Crippen LogP contribution in [-0.2, 0) is 4.74 Å². The molecular formula is C14H19NO2. The molecule has 2 aromatic rings. The van der Waals surface area contributed by atoms with Gasteiger partial charge in [0.2, 0.25) is 0 Å². The van der Waals surface area contributed by atoms with Gasteiger partial charge in [-0.25, -0.2) is 0 Å². The van der Waals surface area contributed by atoms with Crippen LogP contribution in [0.2, 0.25) is 0 Å². The predicted molar refractivity (Wildman–Crippen MR) is 69.2 cm³/mol. The minimum absolute atomic E-state index is 0.113. The van der Waals surface area contributed by atoms with Gasteiger partial charge in [0, 0.05) is 12.0 Å². The number of para-hydroxylation sites is 1. The Morgan fingerprint density at radius 3 is 2.88 bits per heavy atom. The Morgan fingerprint density at radius 1 is 1.41 bits per heavy atom. The Labute approximate surface area is 102 Å². The van der Waals surface area contributed by atoms with Crippen molar-refractivity contribution in [2.24, 2.45) is 0 Å². The smallest absolute Gasteiger partial charge is 0.137 e. The minimum atomic E-state index is 0.113. The number of rotatable bonds is 5. The second-order valence-electron chi connectivity index (χ2n) is 4.14. The van der Waals surface area contributed by atoms with Crippen LogP contribution in [0.25, 0.3) is 11.0 Å². The van der Waals surface area contributed by atoms with Gasteiger partial charge in [-0.2, -0.15) is 0 Å². The fourth-order valence-corrected chi connectivity index (χ4v) is 1.94. The first kappa shape index (κ1) is 12.1. The highest BCUT2D eigenvalue weighted by atomic mass is 16.5. The van der Waals surface area contributed by atoms with Gasteiger partial charge >= 0.3 is 0 Å². The molecule has 0 aliphatic carbocycles. The van der Waals surface area contributed by atoms with E-state index in [4.69, 9.17) is 9.15 Å². The summed E-state index contributed by atoms with van der Waals surface area (Å²) in [5, 5.41) is 4.36. The molecule has 1 atom stereocenters. The number of hydrogen-bond donors (Lipinski definition) is 1. The number of likely N-dealkylation sites (N-methyl/N-ethyl adjacent to an activating group) is 1. The van der Waals surface area contributed by atoms with E-state index in [0.717, 1.165) is 23.3 Å². The van der Waals surface area contributed by atoms with Crippen LogP contribution in [0.4, 0.5) is 0 Å². The van der Waals surface area contributed by atoms with Crippen LogP contribution in [0.3, 0.4) is 0 Å². The van der Waals surface area contributed by atoms with E-state index in [2.05, 4.69) is 30.4 Å². The molecule has 17 heavy (non-hydrogen) atoms. The molecule has 0 radical (unpaired) electrons. The van der Waals surface area contributed by atoms with Gasteiger partial charge in [-0.1, -0.05) is 18.2 Å². The Bertz CT molecular complexity index is 490. The van der Waals surface area contributed by atoms with E-state index in [1.807, 2.05) is 20.0 Å². The molecule has 3 nitrogen and oxygen atoms in total. The van der Waals surface area contributed by atoms with Crippen molar-refractivity contribution >= 4 is 11.0 Å². The van der Waals surface area contributed by atoms with Crippen LogP contribution >= 0.6 is 0 Å². The topological polar surface area (TPSA) is 34.4 Å². The monoisotopic (exact) mass is 233 g/mol. The number of hydrogen-bond acceptors (Lipinski definition) is 3. The Balaban J connectivity index is 2.31. The van der Waals surface area contributed by atoms with Crippen molar-refractivity contribution in [3.63, 3.8) is 0 Å². The maximum absolute atomic E-state index is 5.91. The SMILES string of the molecule is CCOCC(NC)c1cc2cccc(C)c2o1. The first-order chi connectivity index (χ1) is 8.26. The Kier molecular flexibility index (Phi) is 3.82. The highest BCUT2D eigenvalue weighted by molar-refractivity contribution is 5.80. The number of ether oxygens (including phenoxy) is 1. The molecule has 3 heteroatoms. The second-order valence-corrected chi connectivity index (χ2v) is 4.14. The van der Waals surface area contributed by atoms with Gasteiger partial charge in [0.15, 0.2) is 0 Å². The van der Waals surface area contributed by atoms with E-state index in [9.17, 15) is 0 Å². The first-order valence-electron chi connectivity index (χ1n) is 6.00. The van der Waals surface area contributed by atoms with E-state index in [0.29, 0.717) is 6.61 Å². The van der Waals surface area contributed by atoms with E-state index in [1.54, 1.807) is 0 Å². The van der Waals surface area contributed by atoms with Crippen LogP contribution < -0.4 is 5.32 Å². The molecule has 0 bridgehead atoms. The van der Waals surface area contributed by atoms with E-state index in [-0.39, 0.29) is 6.04 Å². The van der Waals surface area contributed by atoms with E-state index >= 15 is 0 Å². The molecular weight excluding hydrogens is 214 g/mol. The predicted octanol–water partition coefficient (Wildman–Crippen LogP) is 3.04. The lowest BCUT2D eigenvalue weighted by Crippen LogP contribution is -2.21. The Hall–Kier alpha value is -1.32. The van der Waals surface area contributed by atoms with Gasteiger partial charge in [0.25, 0.3) is 0 Å². The molecule has 0 saturated carbocycles. The largest absolute Gasteiger partial charge is 0.459 e. The summed E-state index contributed by atoms with van der Waals surface area (Å²) in [4.78, 5) is 0. The standard InChI is InChI=1S/C14H19NO2/c1-4-16-9-12(15-3)13-8-11-7-5-6-10(2)14(11)17-13/h5-8,12,15H,4,9H2,1-3H3. The molecule has 0 amide bonds. The maximum Gasteiger partial charge on any atom is 0.137 e. The van der Waals surface area contributed by atoms with Crippen molar-refractivity contribution in [1.29, 1.82) is 0 Å². The zero-order chi connectivity index (χ0) is 12.3. The summed E-state index contributed by atoms with van der Waals surface area (Å²) in [6, 6.07) is 8.38. The van der Waals surface area contributed by atoms with Crippen molar-refractivity contribution in [3.05, 3.63) is 35.6 Å². The van der Waals surface area contributed by atoms with Crippen LogP contribution in [-0.4, -0.2) is 20.3 Å².